The lowest BCUT2D eigenvalue weighted by Gasteiger charge is -2.34. The van der Waals surface area contributed by atoms with Crippen molar-refractivity contribution >= 4 is 0 Å². The van der Waals surface area contributed by atoms with Gasteiger partial charge in [-0.2, -0.15) is 4.98 Å². The third-order valence-electron chi connectivity index (χ3n) is 3.76. The highest BCUT2D eigenvalue weighted by Crippen LogP contribution is 2.38. The summed E-state index contributed by atoms with van der Waals surface area (Å²) in [6, 6.07) is 0. The standard InChI is InChI=1S/C13H22N4O2/c1-10(18)8-16-4-6-17(7-5-16)9-12-14-13(19-15-12)11-2-3-11/h10-11,18H,2-9H2,1H3. The lowest BCUT2D eigenvalue weighted by Crippen LogP contribution is -2.47. The Bertz CT molecular complexity index is 409. The molecule has 1 saturated carbocycles. The monoisotopic (exact) mass is 266 g/mol. The highest BCUT2D eigenvalue weighted by Gasteiger charge is 2.30. The summed E-state index contributed by atoms with van der Waals surface area (Å²) >= 11 is 0. The topological polar surface area (TPSA) is 65.6 Å². The van der Waals surface area contributed by atoms with E-state index >= 15 is 0 Å². The first-order valence-corrected chi connectivity index (χ1v) is 7.16. The van der Waals surface area contributed by atoms with Crippen LogP contribution in [0, 0.1) is 0 Å². The van der Waals surface area contributed by atoms with Gasteiger partial charge in [0.05, 0.1) is 12.6 Å². The van der Waals surface area contributed by atoms with Gasteiger partial charge in [0.1, 0.15) is 0 Å². The maximum absolute atomic E-state index is 9.38. The van der Waals surface area contributed by atoms with Crippen molar-refractivity contribution in [3.8, 4) is 0 Å². The predicted octanol–water partition coefficient (Wildman–Crippen LogP) is 0.445. The van der Waals surface area contributed by atoms with Crippen LogP contribution in [0.4, 0.5) is 0 Å². The van der Waals surface area contributed by atoms with E-state index in [-0.39, 0.29) is 6.10 Å². The molecule has 19 heavy (non-hydrogen) atoms. The van der Waals surface area contributed by atoms with E-state index in [9.17, 15) is 5.11 Å². The molecule has 3 rings (SSSR count). The first-order valence-electron chi connectivity index (χ1n) is 7.16. The molecule has 1 aliphatic heterocycles. The molecular formula is C13H22N4O2. The number of nitrogens with zero attached hydrogens (tertiary/aromatic N) is 4. The van der Waals surface area contributed by atoms with Gasteiger partial charge in [0, 0.05) is 38.6 Å². The second-order valence-corrected chi connectivity index (χ2v) is 5.75. The average Bonchev–Trinajstić information content (AvgIpc) is 3.12. The zero-order valence-corrected chi connectivity index (χ0v) is 11.5. The minimum absolute atomic E-state index is 0.246. The third-order valence-corrected chi connectivity index (χ3v) is 3.76. The first kappa shape index (κ1) is 13.0. The lowest BCUT2D eigenvalue weighted by molar-refractivity contribution is 0.0768. The van der Waals surface area contributed by atoms with Crippen LogP contribution in [0.2, 0.25) is 0 Å². The van der Waals surface area contributed by atoms with E-state index in [1.165, 1.54) is 12.8 Å². The molecule has 1 aliphatic carbocycles. The van der Waals surface area contributed by atoms with Crippen LogP contribution >= 0.6 is 0 Å². The van der Waals surface area contributed by atoms with Crippen molar-refractivity contribution in [1.82, 2.24) is 19.9 Å². The van der Waals surface area contributed by atoms with Gasteiger partial charge in [0.25, 0.3) is 0 Å². The van der Waals surface area contributed by atoms with Crippen molar-refractivity contribution in [3.05, 3.63) is 11.7 Å². The summed E-state index contributed by atoms with van der Waals surface area (Å²) in [4.78, 5) is 9.11. The molecule has 1 saturated heterocycles. The van der Waals surface area contributed by atoms with E-state index < -0.39 is 0 Å². The lowest BCUT2D eigenvalue weighted by atomic mass is 10.2. The quantitative estimate of drug-likeness (QED) is 0.834. The van der Waals surface area contributed by atoms with Gasteiger partial charge in [-0.3, -0.25) is 9.80 Å². The Morgan fingerprint density at radius 1 is 1.26 bits per heavy atom. The van der Waals surface area contributed by atoms with Crippen LogP contribution in [-0.2, 0) is 6.54 Å². The van der Waals surface area contributed by atoms with E-state index in [1.807, 2.05) is 6.92 Å². The highest BCUT2D eigenvalue weighted by molar-refractivity contribution is 5.01. The summed E-state index contributed by atoms with van der Waals surface area (Å²) in [7, 11) is 0. The van der Waals surface area contributed by atoms with Crippen molar-refractivity contribution in [3.63, 3.8) is 0 Å². The van der Waals surface area contributed by atoms with Gasteiger partial charge in [-0.25, -0.2) is 0 Å². The number of piperazine rings is 1. The van der Waals surface area contributed by atoms with Crippen LogP contribution in [0.5, 0.6) is 0 Å². The maximum atomic E-state index is 9.38. The Kier molecular flexibility index (Phi) is 3.81. The molecule has 106 valence electrons. The molecule has 0 amide bonds. The Hall–Kier alpha value is -0.980. The number of hydrogen-bond donors (Lipinski definition) is 1. The maximum Gasteiger partial charge on any atom is 0.229 e. The fourth-order valence-corrected chi connectivity index (χ4v) is 2.53. The Morgan fingerprint density at radius 2 is 1.95 bits per heavy atom. The molecule has 1 unspecified atom stereocenters. The largest absolute Gasteiger partial charge is 0.392 e. The van der Waals surface area contributed by atoms with Crippen LogP contribution in [-0.4, -0.2) is 63.9 Å². The number of β-amino-alcohol motifs (C(OH)–C–C–N with tert-alkyl or cyclic N) is 1. The fraction of sp³-hybridized carbons (Fsp3) is 0.846. The van der Waals surface area contributed by atoms with Crippen molar-refractivity contribution in [1.29, 1.82) is 0 Å². The van der Waals surface area contributed by atoms with Crippen molar-refractivity contribution < 1.29 is 9.63 Å². The Labute approximate surface area is 113 Å². The summed E-state index contributed by atoms with van der Waals surface area (Å²) in [6.07, 6.45) is 2.14. The summed E-state index contributed by atoms with van der Waals surface area (Å²) in [5.41, 5.74) is 0. The second kappa shape index (κ2) is 5.56. The van der Waals surface area contributed by atoms with Gasteiger partial charge in [-0.15, -0.1) is 0 Å². The molecule has 1 atom stereocenters. The smallest absolute Gasteiger partial charge is 0.229 e. The van der Waals surface area contributed by atoms with E-state index in [0.29, 0.717) is 5.92 Å². The van der Waals surface area contributed by atoms with Gasteiger partial charge in [0.2, 0.25) is 5.89 Å². The number of aliphatic hydroxyl groups is 1. The number of aromatic nitrogens is 2. The molecule has 0 radical (unpaired) electrons. The van der Waals surface area contributed by atoms with Crippen LogP contribution in [0.1, 0.15) is 37.4 Å². The van der Waals surface area contributed by atoms with Crippen LogP contribution < -0.4 is 0 Å². The van der Waals surface area contributed by atoms with Crippen LogP contribution in [0.25, 0.3) is 0 Å². The van der Waals surface area contributed by atoms with Crippen molar-refractivity contribution in [2.45, 2.75) is 38.3 Å². The first-order chi connectivity index (χ1) is 9.20. The zero-order chi connectivity index (χ0) is 13.2. The average molecular weight is 266 g/mol. The molecule has 1 aromatic rings. The fourth-order valence-electron chi connectivity index (χ4n) is 2.53. The molecule has 0 bridgehead atoms. The van der Waals surface area contributed by atoms with Gasteiger partial charge in [-0.05, 0) is 19.8 Å². The van der Waals surface area contributed by atoms with E-state index in [1.54, 1.807) is 0 Å². The highest BCUT2D eigenvalue weighted by atomic mass is 16.5. The Morgan fingerprint density at radius 3 is 2.58 bits per heavy atom. The van der Waals surface area contributed by atoms with Gasteiger partial charge < -0.3 is 9.63 Å². The second-order valence-electron chi connectivity index (χ2n) is 5.75. The minimum atomic E-state index is -0.246. The van der Waals surface area contributed by atoms with Gasteiger partial charge >= 0.3 is 0 Å². The molecule has 2 heterocycles. The normalized spacial score (nSPS) is 23.7. The molecule has 0 spiro atoms. The summed E-state index contributed by atoms with van der Waals surface area (Å²) < 4.78 is 5.27. The zero-order valence-electron chi connectivity index (χ0n) is 11.5. The van der Waals surface area contributed by atoms with Gasteiger partial charge in [-0.1, -0.05) is 5.16 Å². The van der Waals surface area contributed by atoms with Crippen molar-refractivity contribution in [2.24, 2.45) is 0 Å². The molecule has 2 fully saturated rings. The van der Waals surface area contributed by atoms with Crippen LogP contribution in [0.15, 0.2) is 4.52 Å². The van der Waals surface area contributed by atoms with Crippen molar-refractivity contribution in [2.75, 3.05) is 32.7 Å². The summed E-state index contributed by atoms with van der Waals surface area (Å²) in [5.74, 6) is 2.16. The molecule has 6 nitrogen and oxygen atoms in total. The minimum Gasteiger partial charge on any atom is -0.392 e. The van der Waals surface area contributed by atoms with Crippen LogP contribution in [0.3, 0.4) is 0 Å². The summed E-state index contributed by atoms with van der Waals surface area (Å²) in [6.45, 7) is 7.38. The Balaban J connectivity index is 1.46. The summed E-state index contributed by atoms with van der Waals surface area (Å²) in [5, 5.41) is 13.4. The van der Waals surface area contributed by atoms with E-state index in [0.717, 1.165) is 51.0 Å². The molecule has 0 aromatic carbocycles. The molecule has 2 aliphatic rings. The molecule has 6 heteroatoms. The van der Waals surface area contributed by atoms with E-state index in [2.05, 4.69) is 19.9 Å². The number of hydrogen-bond acceptors (Lipinski definition) is 6. The predicted molar refractivity (Wildman–Crippen MR) is 69.7 cm³/mol. The molecule has 1 aromatic heterocycles. The molecule has 1 N–H and O–H groups in total. The number of aliphatic hydroxyl groups excluding tert-OH is 1. The van der Waals surface area contributed by atoms with Gasteiger partial charge in [0.15, 0.2) is 5.82 Å². The molecular weight excluding hydrogens is 244 g/mol. The SMILES string of the molecule is CC(O)CN1CCN(Cc2noc(C3CC3)n2)CC1. The number of rotatable bonds is 5. The van der Waals surface area contributed by atoms with E-state index in [4.69, 9.17) is 4.52 Å². The third kappa shape index (κ3) is 3.52.